The van der Waals surface area contributed by atoms with Gasteiger partial charge in [-0.1, -0.05) is 28.1 Å². The van der Waals surface area contributed by atoms with Gasteiger partial charge in [0.05, 0.1) is 13.2 Å². The summed E-state index contributed by atoms with van der Waals surface area (Å²) in [6.07, 6.45) is -0.548. The van der Waals surface area contributed by atoms with Crippen molar-refractivity contribution >= 4 is 27.7 Å². The number of hydrogen-bond acceptors (Lipinski definition) is 3. The molecule has 1 N–H and O–H groups in total. The van der Waals surface area contributed by atoms with Crippen LogP contribution in [0.4, 0.5) is 0 Å². The Bertz CT molecular complexity index is 611. The van der Waals surface area contributed by atoms with Crippen LogP contribution >= 0.6 is 27.7 Å². The Morgan fingerprint density at radius 2 is 1.81 bits per heavy atom. The van der Waals surface area contributed by atoms with Gasteiger partial charge in [0.25, 0.3) is 0 Å². The highest BCUT2D eigenvalue weighted by molar-refractivity contribution is 9.10. The number of halogens is 1. The minimum atomic E-state index is -0.548. The van der Waals surface area contributed by atoms with E-state index >= 15 is 0 Å². The van der Waals surface area contributed by atoms with E-state index in [1.807, 2.05) is 50.2 Å². The molecule has 0 aliphatic carbocycles. The van der Waals surface area contributed by atoms with Crippen LogP contribution in [-0.4, -0.2) is 18.0 Å². The van der Waals surface area contributed by atoms with Crippen LogP contribution in [0.3, 0.4) is 0 Å². The standard InChI is InChI=1S/C17H19BrO2S/c1-11-4-9-15(17(20-3)12(11)2)16(19)10-21-14-7-5-13(18)6-8-14/h4-9,16,19H,10H2,1-3H3. The third-order valence-electron chi connectivity index (χ3n) is 3.49. The topological polar surface area (TPSA) is 29.5 Å². The maximum atomic E-state index is 10.5. The maximum absolute atomic E-state index is 10.5. The molecule has 0 fully saturated rings. The second-order valence-electron chi connectivity index (χ2n) is 4.91. The fraction of sp³-hybridized carbons (Fsp3) is 0.294. The van der Waals surface area contributed by atoms with Gasteiger partial charge in [0, 0.05) is 20.7 Å². The Labute approximate surface area is 138 Å². The highest BCUT2D eigenvalue weighted by Crippen LogP contribution is 2.33. The molecule has 0 heterocycles. The van der Waals surface area contributed by atoms with Crippen molar-refractivity contribution in [2.75, 3.05) is 12.9 Å². The molecule has 4 heteroatoms. The summed E-state index contributed by atoms with van der Waals surface area (Å²) in [4.78, 5) is 1.14. The van der Waals surface area contributed by atoms with E-state index in [1.54, 1.807) is 18.9 Å². The molecule has 2 aromatic carbocycles. The SMILES string of the molecule is COc1c(C(O)CSc2ccc(Br)cc2)ccc(C)c1C. The largest absolute Gasteiger partial charge is 0.496 e. The van der Waals surface area contributed by atoms with Gasteiger partial charge in [0.15, 0.2) is 0 Å². The summed E-state index contributed by atoms with van der Waals surface area (Å²) in [5.41, 5.74) is 3.11. The predicted octanol–water partition coefficient (Wildman–Crippen LogP) is 4.90. The average Bonchev–Trinajstić information content (AvgIpc) is 2.49. The molecule has 2 nitrogen and oxygen atoms in total. The number of ether oxygens (including phenoxy) is 1. The van der Waals surface area contributed by atoms with E-state index in [0.717, 1.165) is 26.2 Å². The van der Waals surface area contributed by atoms with Gasteiger partial charge in [-0.3, -0.25) is 0 Å². The van der Waals surface area contributed by atoms with E-state index in [4.69, 9.17) is 4.74 Å². The van der Waals surface area contributed by atoms with Gasteiger partial charge < -0.3 is 9.84 Å². The fourth-order valence-electron chi connectivity index (χ4n) is 2.14. The minimum absolute atomic E-state index is 0.548. The number of methoxy groups -OCH3 is 1. The molecule has 2 aromatic rings. The first-order valence-corrected chi connectivity index (χ1v) is 8.51. The molecule has 0 spiro atoms. The molecule has 0 saturated carbocycles. The van der Waals surface area contributed by atoms with Crippen molar-refractivity contribution in [3.8, 4) is 5.75 Å². The summed E-state index contributed by atoms with van der Waals surface area (Å²) in [7, 11) is 1.65. The van der Waals surface area contributed by atoms with E-state index < -0.39 is 6.10 Å². The number of benzene rings is 2. The number of thioether (sulfide) groups is 1. The molecule has 0 aromatic heterocycles. The highest BCUT2D eigenvalue weighted by atomic mass is 79.9. The third-order valence-corrected chi connectivity index (χ3v) is 5.11. The van der Waals surface area contributed by atoms with Crippen LogP contribution in [0.5, 0.6) is 5.75 Å². The lowest BCUT2D eigenvalue weighted by molar-refractivity contribution is 0.198. The number of aryl methyl sites for hydroxylation is 1. The maximum Gasteiger partial charge on any atom is 0.127 e. The molecule has 2 rings (SSSR count). The Kier molecular flexibility index (Phi) is 5.73. The lowest BCUT2D eigenvalue weighted by atomic mass is 10.0. The van der Waals surface area contributed by atoms with E-state index in [0.29, 0.717) is 5.75 Å². The molecule has 0 saturated heterocycles. The molecule has 112 valence electrons. The van der Waals surface area contributed by atoms with E-state index in [-0.39, 0.29) is 0 Å². The zero-order chi connectivity index (χ0) is 15.4. The van der Waals surface area contributed by atoms with Crippen LogP contribution in [0.1, 0.15) is 22.8 Å². The summed E-state index contributed by atoms with van der Waals surface area (Å²) < 4.78 is 6.53. The number of aliphatic hydroxyl groups is 1. The quantitative estimate of drug-likeness (QED) is 0.763. The van der Waals surface area contributed by atoms with Gasteiger partial charge in [0.1, 0.15) is 5.75 Å². The van der Waals surface area contributed by atoms with E-state index in [1.165, 1.54) is 5.56 Å². The lowest BCUT2D eigenvalue weighted by Gasteiger charge is -2.17. The van der Waals surface area contributed by atoms with E-state index in [9.17, 15) is 5.11 Å². The predicted molar refractivity (Wildman–Crippen MR) is 92.3 cm³/mol. The number of hydrogen-bond donors (Lipinski definition) is 1. The fourth-order valence-corrected chi connectivity index (χ4v) is 3.26. The van der Waals surface area contributed by atoms with Gasteiger partial charge in [0.2, 0.25) is 0 Å². The van der Waals surface area contributed by atoms with Crippen molar-refractivity contribution in [1.82, 2.24) is 0 Å². The molecule has 0 bridgehead atoms. The van der Waals surface area contributed by atoms with Crippen LogP contribution in [0.25, 0.3) is 0 Å². The van der Waals surface area contributed by atoms with Gasteiger partial charge in [-0.25, -0.2) is 0 Å². The number of rotatable bonds is 5. The monoisotopic (exact) mass is 366 g/mol. The molecular weight excluding hydrogens is 348 g/mol. The van der Waals surface area contributed by atoms with Crippen LogP contribution < -0.4 is 4.74 Å². The summed E-state index contributed by atoms with van der Waals surface area (Å²) in [6, 6.07) is 12.1. The van der Waals surface area contributed by atoms with E-state index in [2.05, 4.69) is 15.9 Å². The summed E-state index contributed by atoms with van der Waals surface area (Å²) in [5, 5.41) is 10.5. The molecule has 1 atom stereocenters. The molecule has 0 amide bonds. The van der Waals surface area contributed by atoms with Crippen LogP contribution in [0.15, 0.2) is 45.8 Å². The average molecular weight is 367 g/mol. The van der Waals surface area contributed by atoms with Crippen LogP contribution in [-0.2, 0) is 0 Å². The lowest BCUT2D eigenvalue weighted by Crippen LogP contribution is -2.05. The minimum Gasteiger partial charge on any atom is -0.496 e. The van der Waals surface area contributed by atoms with Crippen molar-refractivity contribution in [2.24, 2.45) is 0 Å². The first-order chi connectivity index (χ1) is 10.0. The second kappa shape index (κ2) is 7.34. The van der Waals surface area contributed by atoms with Crippen molar-refractivity contribution in [2.45, 2.75) is 24.8 Å². The Morgan fingerprint density at radius 1 is 1.14 bits per heavy atom. The first kappa shape index (κ1) is 16.4. The van der Waals surface area contributed by atoms with Crippen molar-refractivity contribution in [3.05, 3.63) is 57.6 Å². The molecule has 0 radical (unpaired) electrons. The molecule has 0 aliphatic heterocycles. The molecule has 21 heavy (non-hydrogen) atoms. The number of aliphatic hydroxyl groups excluding tert-OH is 1. The van der Waals surface area contributed by atoms with Crippen LogP contribution in [0, 0.1) is 13.8 Å². The van der Waals surface area contributed by atoms with Crippen molar-refractivity contribution in [3.63, 3.8) is 0 Å². The second-order valence-corrected chi connectivity index (χ2v) is 6.92. The van der Waals surface area contributed by atoms with Gasteiger partial charge in [-0.15, -0.1) is 11.8 Å². The Balaban J connectivity index is 2.11. The smallest absolute Gasteiger partial charge is 0.127 e. The summed E-state index contributed by atoms with van der Waals surface area (Å²) in [5.74, 6) is 1.39. The van der Waals surface area contributed by atoms with Crippen molar-refractivity contribution in [1.29, 1.82) is 0 Å². The molecule has 0 aliphatic rings. The normalized spacial score (nSPS) is 12.2. The summed E-state index contributed by atoms with van der Waals surface area (Å²) in [6.45, 7) is 4.07. The highest BCUT2D eigenvalue weighted by Gasteiger charge is 2.16. The zero-order valence-electron chi connectivity index (χ0n) is 12.4. The van der Waals surface area contributed by atoms with Crippen LogP contribution in [0.2, 0.25) is 0 Å². The van der Waals surface area contributed by atoms with Gasteiger partial charge in [-0.05, 0) is 49.2 Å². The molecule has 1 unspecified atom stereocenters. The Morgan fingerprint density at radius 3 is 2.43 bits per heavy atom. The zero-order valence-corrected chi connectivity index (χ0v) is 14.8. The van der Waals surface area contributed by atoms with Crippen molar-refractivity contribution < 1.29 is 9.84 Å². The Hall–Kier alpha value is -0.970. The first-order valence-electron chi connectivity index (χ1n) is 6.73. The van der Waals surface area contributed by atoms with Gasteiger partial charge in [-0.2, -0.15) is 0 Å². The summed E-state index contributed by atoms with van der Waals surface area (Å²) >= 11 is 5.06. The third kappa shape index (κ3) is 4.02. The molecular formula is C17H19BrO2S. The van der Waals surface area contributed by atoms with Gasteiger partial charge >= 0.3 is 0 Å².